The van der Waals surface area contributed by atoms with Crippen LogP contribution in [-0.4, -0.2) is 11.9 Å². The summed E-state index contributed by atoms with van der Waals surface area (Å²) < 4.78 is 0.854. The quantitative estimate of drug-likeness (QED) is 0.474. The van der Waals surface area contributed by atoms with Crippen molar-refractivity contribution in [2.75, 3.05) is 10.6 Å². The van der Waals surface area contributed by atoms with E-state index in [0.29, 0.717) is 11.3 Å². The number of carbonyl (C=O) groups excluding carboxylic acids is 2. The van der Waals surface area contributed by atoms with Gasteiger partial charge in [-0.05, 0) is 48.7 Å². The number of urea groups is 1. The van der Waals surface area contributed by atoms with E-state index in [1.807, 2.05) is 74.5 Å². The number of carbonyl (C=O) groups is 2. The number of aryl methyl sites for hydroxylation is 2. The van der Waals surface area contributed by atoms with E-state index in [4.69, 9.17) is 0 Å². The molecular formula is C23H22BrN3O2. The van der Waals surface area contributed by atoms with Gasteiger partial charge in [0, 0.05) is 15.8 Å². The number of hydrogen-bond donors (Lipinski definition) is 3. The molecule has 0 spiro atoms. The number of anilines is 2. The molecule has 3 rings (SSSR count). The number of amides is 3. The molecule has 148 valence electrons. The normalized spacial score (nSPS) is 11.4. The summed E-state index contributed by atoms with van der Waals surface area (Å²) >= 11 is 3.39. The lowest BCUT2D eigenvalue weighted by atomic mass is 10.1. The third-order valence-electron chi connectivity index (χ3n) is 4.48. The van der Waals surface area contributed by atoms with Gasteiger partial charge in [-0.3, -0.25) is 4.79 Å². The van der Waals surface area contributed by atoms with Crippen molar-refractivity contribution < 1.29 is 9.59 Å². The molecule has 0 unspecified atom stereocenters. The lowest BCUT2D eigenvalue weighted by molar-refractivity contribution is -0.118. The summed E-state index contributed by atoms with van der Waals surface area (Å²) in [5.41, 5.74) is 3.98. The minimum atomic E-state index is -0.848. The standard InChI is InChI=1S/C23H22BrN3O2/c1-15-8-6-9-16(2)20(15)26-23(29)27-21(17-10-4-3-5-11-17)22(28)25-19-13-7-12-18(24)14-19/h3-14,21H,1-2H3,(H,25,28)(H2,26,27,29)/t21-/m1/s1. The van der Waals surface area contributed by atoms with Gasteiger partial charge >= 0.3 is 6.03 Å². The summed E-state index contributed by atoms with van der Waals surface area (Å²) in [6.45, 7) is 3.86. The van der Waals surface area contributed by atoms with Crippen LogP contribution in [-0.2, 0) is 4.79 Å². The molecule has 0 fully saturated rings. The Morgan fingerprint density at radius 3 is 2.14 bits per heavy atom. The number of halogens is 1. The van der Waals surface area contributed by atoms with Gasteiger partial charge in [-0.15, -0.1) is 0 Å². The number of rotatable bonds is 5. The van der Waals surface area contributed by atoms with Crippen molar-refractivity contribution in [1.29, 1.82) is 0 Å². The highest BCUT2D eigenvalue weighted by atomic mass is 79.9. The molecule has 3 N–H and O–H groups in total. The summed E-state index contributed by atoms with van der Waals surface area (Å²) in [5, 5.41) is 8.53. The van der Waals surface area contributed by atoms with Crippen molar-refractivity contribution in [2.24, 2.45) is 0 Å². The minimum absolute atomic E-state index is 0.328. The van der Waals surface area contributed by atoms with Crippen molar-refractivity contribution in [3.05, 3.63) is 94.0 Å². The fourth-order valence-electron chi connectivity index (χ4n) is 3.02. The monoisotopic (exact) mass is 451 g/mol. The molecule has 0 aliphatic heterocycles. The summed E-state index contributed by atoms with van der Waals surface area (Å²) in [6, 6.07) is 21.0. The third-order valence-corrected chi connectivity index (χ3v) is 4.98. The van der Waals surface area contributed by atoms with Crippen molar-refractivity contribution in [2.45, 2.75) is 19.9 Å². The van der Waals surface area contributed by atoms with E-state index in [2.05, 4.69) is 31.9 Å². The summed E-state index contributed by atoms with van der Waals surface area (Å²) in [4.78, 5) is 25.7. The molecule has 0 aromatic heterocycles. The van der Waals surface area contributed by atoms with Gasteiger partial charge in [0.25, 0.3) is 5.91 Å². The molecule has 3 aromatic rings. The van der Waals surface area contributed by atoms with Gasteiger partial charge in [0.2, 0.25) is 0 Å². The van der Waals surface area contributed by atoms with E-state index in [1.54, 1.807) is 12.1 Å². The van der Waals surface area contributed by atoms with Crippen LogP contribution in [0.3, 0.4) is 0 Å². The van der Waals surface area contributed by atoms with E-state index < -0.39 is 12.1 Å². The van der Waals surface area contributed by atoms with E-state index in [0.717, 1.165) is 21.3 Å². The molecule has 0 saturated heterocycles. The average molecular weight is 452 g/mol. The summed E-state index contributed by atoms with van der Waals surface area (Å²) in [5.74, 6) is -0.328. The zero-order chi connectivity index (χ0) is 20.8. The van der Waals surface area contributed by atoms with Crippen LogP contribution >= 0.6 is 15.9 Å². The van der Waals surface area contributed by atoms with Crippen LogP contribution in [0.4, 0.5) is 16.2 Å². The van der Waals surface area contributed by atoms with Crippen LogP contribution in [0.25, 0.3) is 0 Å². The van der Waals surface area contributed by atoms with Gasteiger partial charge in [-0.25, -0.2) is 4.79 Å². The number of para-hydroxylation sites is 1. The molecule has 1 atom stereocenters. The molecule has 0 bridgehead atoms. The summed E-state index contributed by atoms with van der Waals surface area (Å²) in [6.07, 6.45) is 0. The smallest absolute Gasteiger partial charge is 0.320 e. The maximum atomic E-state index is 13.0. The molecule has 0 heterocycles. The Balaban J connectivity index is 1.80. The van der Waals surface area contributed by atoms with E-state index in [9.17, 15) is 9.59 Å². The number of benzene rings is 3. The van der Waals surface area contributed by atoms with Crippen LogP contribution in [0.15, 0.2) is 77.3 Å². The molecule has 0 saturated carbocycles. The van der Waals surface area contributed by atoms with Crippen LogP contribution in [0, 0.1) is 13.8 Å². The topological polar surface area (TPSA) is 70.2 Å². The number of hydrogen-bond acceptors (Lipinski definition) is 2. The SMILES string of the molecule is Cc1cccc(C)c1NC(=O)N[C@@H](C(=O)Nc1cccc(Br)c1)c1ccccc1. The fraction of sp³-hybridized carbons (Fsp3) is 0.130. The molecular weight excluding hydrogens is 430 g/mol. The molecule has 6 heteroatoms. The first-order chi connectivity index (χ1) is 13.9. The van der Waals surface area contributed by atoms with Gasteiger partial charge in [0.1, 0.15) is 6.04 Å². The lowest BCUT2D eigenvalue weighted by Crippen LogP contribution is -2.39. The van der Waals surface area contributed by atoms with Crippen LogP contribution in [0.1, 0.15) is 22.7 Å². The second-order valence-corrected chi connectivity index (χ2v) is 7.62. The van der Waals surface area contributed by atoms with Crippen molar-refractivity contribution >= 4 is 39.2 Å². The van der Waals surface area contributed by atoms with Gasteiger partial charge in [-0.2, -0.15) is 0 Å². The highest BCUT2D eigenvalue weighted by molar-refractivity contribution is 9.10. The van der Waals surface area contributed by atoms with Gasteiger partial charge in [-0.1, -0.05) is 70.5 Å². The molecule has 0 aliphatic carbocycles. The molecule has 3 amide bonds. The Labute approximate surface area is 178 Å². The van der Waals surface area contributed by atoms with Gasteiger partial charge in [0.15, 0.2) is 0 Å². The molecule has 29 heavy (non-hydrogen) atoms. The molecule has 3 aromatic carbocycles. The first-order valence-electron chi connectivity index (χ1n) is 9.19. The van der Waals surface area contributed by atoms with Gasteiger partial charge < -0.3 is 16.0 Å². The van der Waals surface area contributed by atoms with Crippen molar-refractivity contribution in [1.82, 2.24) is 5.32 Å². The minimum Gasteiger partial charge on any atom is -0.324 e. The second-order valence-electron chi connectivity index (χ2n) is 6.71. The van der Waals surface area contributed by atoms with Crippen LogP contribution in [0.5, 0.6) is 0 Å². The highest BCUT2D eigenvalue weighted by Crippen LogP contribution is 2.21. The molecule has 0 aliphatic rings. The lowest BCUT2D eigenvalue weighted by Gasteiger charge is -2.20. The number of nitrogens with one attached hydrogen (secondary N) is 3. The fourth-order valence-corrected chi connectivity index (χ4v) is 3.42. The predicted molar refractivity (Wildman–Crippen MR) is 120 cm³/mol. The van der Waals surface area contributed by atoms with Gasteiger partial charge in [0.05, 0.1) is 0 Å². The highest BCUT2D eigenvalue weighted by Gasteiger charge is 2.23. The van der Waals surface area contributed by atoms with Crippen molar-refractivity contribution in [3.8, 4) is 0 Å². The Kier molecular flexibility index (Phi) is 6.67. The van der Waals surface area contributed by atoms with E-state index >= 15 is 0 Å². The predicted octanol–water partition coefficient (Wildman–Crippen LogP) is 5.57. The zero-order valence-electron chi connectivity index (χ0n) is 16.2. The third kappa shape index (κ3) is 5.45. The second kappa shape index (κ2) is 9.39. The molecule has 0 radical (unpaired) electrons. The van der Waals surface area contributed by atoms with E-state index in [1.165, 1.54) is 0 Å². The van der Waals surface area contributed by atoms with Crippen molar-refractivity contribution in [3.63, 3.8) is 0 Å². The maximum absolute atomic E-state index is 13.0. The Morgan fingerprint density at radius 2 is 1.48 bits per heavy atom. The Morgan fingerprint density at radius 1 is 0.828 bits per heavy atom. The first-order valence-corrected chi connectivity index (χ1v) is 9.98. The maximum Gasteiger partial charge on any atom is 0.320 e. The Bertz CT molecular complexity index is 1000. The van der Waals surface area contributed by atoms with Crippen LogP contribution < -0.4 is 16.0 Å². The van der Waals surface area contributed by atoms with E-state index in [-0.39, 0.29) is 5.91 Å². The largest absolute Gasteiger partial charge is 0.324 e. The first kappa shape index (κ1) is 20.6. The zero-order valence-corrected chi connectivity index (χ0v) is 17.8. The molecule has 5 nitrogen and oxygen atoms in total. The van der Waals surface area contributed by atoms with Crippen LogP contribution in [0.2, 0.25) is 0 Å². The Hall–Kier alpha value is -3.12. The summed E-state index contributed by atoms with van der Waals surface area (Å²) in [7, 11) is 0. The average Bonchev–Trinajstić information content (AvgIpc) is 2.69.